The van der Waals surface area contributed by atoms with Gasteiger partial charge in [-0.25, -0.2) is 4.79 Å². The summed E-state index contributed by atoms with van der Waals surface area (Å²) in [5.74, 6) is 0.487. The summed E-state index contributed by atoms with van der Waals surface area (Å²) < 4.78 is 10.1. The smallest absolute Gasteiger partial charge is 0.428 e. The first-order chi connectivity index (χ1) is 8.40. The fraction of sp³-hybridized carbons (Fsp3) is 0.500. The summed E-state index contributed by atoms with van der Waals surface area (Å²) >= 11 is 0. The van der Waals surface area contributed by atoms with Crippen LogP contribution in [0.1, 0.15) is 32.8 Å². The van der Waals surface area contributed by atoms with E-state index in [1.165, 1.54) is 5.56 Å². The minimum atomic E-state index is -0.683. The second-order valence-electron chi connectivity index (χ2n) is 5.10. The molecule has 0 bridgehead atoms. The molecule has 0 unspecified atom stereocenters. The number of rotatable bonds is 4. The Morgan fingerprint density at radius 1 is 1.22 bits per heavy atom. The van der Waals surface area contributed by atoms with Crippen LogP contribution in [-0.4, -0.2) is 18.3 Å². The van der Waals surface area contributed by atoms with E-state index in [1.54, 1.807) is 32.9 Å². The molecule has 2 N–H and O–H groups in total. The Morgan fingerprint density at radius 2 is 1.83 bits per heavy atom. The third-order valence-corrected chi connectivity index (χ3v) is 2.18. The van der Waals surface area contributed by atoms with Crippen molar-refractivity contribution in [3.8, 4) is 5.75 Å². The van der Waals surface area contributed by atoms with Crippen LogP contribution in [0.15, 0.2) is 24.3 Å². The summed E-state index contributed by atoms with van der Waals surface area (Å²) in [7, 11) is 0. The van der Waals surface area contributed by atoms with Crippen LogP contribution in [0.4, 0.5) is 4.79 Å². The van der Waals surface area contributed by atoms with Crippen molar-refractivity contribution in [2.75, 3.05) is 6.54 Å². The Hall–Kier alpha value is -1.55. The number of aryl methyl sites for hydroxylation is 1. The van der Waals surface area contributed by atoms with Gasteiger partial charge in [-0.2, -0.15) is 0 Å². The van der Waals surface area contributed by atoms with Gasteiger partial charge in [-0.05, 0) is 57.9 Å². The van der Waals surface area contributed by atoms with Crippen LogP contribution >= 0.6 is 0 Å². The third kappa shape index (κ3) is 5.68. The molecule has 1 aromatic rings. The molecule has 0 saturated heterocycles. The second-order valence-corrected chi connectivity index (χ2v) is 5.10. The zero-order valence-electron chi connectivity index (χ0n) is 11.2. The molecule has 18 heavy (non-hydrogen) atoms. The SMILES string of the molecule is CC(C)(C)OC(=O)Oc1ccc(CCCN)cc1. The van der Waals surface area contributed by atoms with Crippen LogP contribution in [0, 0.1) is 0 Å². The molecule has 0 radical (unpaired) electrons. The van der Waals surface area contributed by atoms with Crippen LogP contribution in [0.2, 0.25) is 0 Å². The van der Waals surface area contributed by atoms with E-state index in [0.717, 1.165) is 12.8 Å². The molecule has 0 amide bonds. The quantitative estimate of drug-likeness (QED) is 0.660. The normalized spacial score (nSPS) is 11.1. The minimum absolute atomic E-state index is 0.487. The van der Waals surface area contributed by atoms with Crippen molar-refractivity contribution in [3.63, 3.8) is 0 Å². The van der Waals surface area contributed by atoms with Crippen LogP contribution in [0.5, 0.6) is 5.75 Å². The number of carbonyl (C=O) groups is 1. The van der Waals surface area contributed by atoms with Crippen LogP contribution < -0.4 is 10.5 Å². The predicted octanol–water partition coefficient (Wildman–Crippen LogP) is 2.89. The van der Waals surface area contributed by atoms with Crippen molar-refractivity contribution in [1.29, 1.82) is 0 Å². The van der Waals surface area contributed by atoms with Crippen molar-refractivity contribution in [3.05, 3.63) is 29.8 Å². The Kier molecular flexibility index (Phi) is 5.16. The van der Waals surface area contributed by atoms with Gasteiger partial charge in [0.2, 0.25) is 0 Å². The predicted molar refractivity (Wildman–Crippen MR) is 70.7 cm³/mol. The highest BCUT2D eigenvalue weighted by atomic mass is 16.7. The van der Waals surface area contributed by atoms with Crippen LogP contribution in [-0.2, 0) is 11.2 Å². The Morgan fingerprint density at radius 3 is 2.33 bits per heavy atom. The van der Waals surface area contributed by atoms with E-state index < -0.39 is 11.8 Å². The number of carbonyl (C=O) groups excluding carboxylic acids is 1. The molecule has 0 heterocycles. The Bertz CT molecular complexity index is 379. The lowest BCUT2D eigenvalue weighted by atomic mass is 10.1. The van der Waals surface area contributed by atoms with Gasteiger partial charge in [0.1, 0.15) is 11.4 Å². The standard InChI is InChI=1S/C14H21NO3/c1-14(2,3)18-13(16)17-12-8-6-11(7-9-12)5-4-10-15/h6-9H,4-5,10,15H2,1-3H3. The van der Waals surface area contributed by atoms with Gasteiger partial charge in [-0.3, -0.25) is 0 Å². The molecular weight excluding hydrogens is 230 g/mol. The lowest BCUT2D eigenvalue weighted by Crippen LogP contribution is -2.25. The maximum atomic E-state index is 11.4. The van der Waals surface area contributed by atoms with Crippen LogP contribution in [0.25, 0.3) is 0 Å². The van der Waals surface area contributed by atoms with Crippen molar-refractivity contribution < 1.29 is 14.3 Å². The number of ether oxygens (including phenoxy) is 2. The number of benzene rings is 1. The molecule has 0 fully saturated rings. The highest BCUT2D eigenvalue weighted by Crippen LogP contribution is 2.15. The molecular formula is C14H21NO3. The molecule has 0 aliphatic rings. The summed E-state index contributed by atoms with van der Waals surface area (Å²) in [4.78, 5) is 11.4. The molecule has 4 nitrogen and oxygen atoms in total. The van der Waals surface area contributed by atoms with Gasteiger partial charge < -0.3 is 15.2 Å². The maximum absolute atomic E-state index is 11.4. The first-order valence-electron chi connectivity index (χ1n) is 6.10. The lowest BCUT2D eigenvalue weighted by molar-refractivity contribution is 0.0206. The Labute approximate surface area is 108 Å². The zero-order chi connectivity index (χ0) is 13.6. The number of hydrogen-bond donors (Lipinski definition) is 1. The molecule has 0 aromatic heterocycles. The van der Waals surface area contributed by atoms with Crippen LogP contribution in [0.3, 0.4) is 0 Å². The fourth-order valence-electron chi connectivity index (χ4n) is 1.40. The summed E-state index contributed by atoms with van der Waals surface area (Å²) in [5, 5.41) is 0. The molecule has 0 saturated carbocycles. The molecule has 4 heteroatoms. The van der Waals surface area contributed by atoms with Crippen molar-refractivity contribution in [2.45, 2.75) is 39.2 Å². The number of nitrogens with two attached hydrogens (primary N) is 1. The molecule has 0 aliphatic carbocycles. The molecule has 0 spiro atoms. The maximum Gasteiger partial charge on any atom is 0.514 e. The topological polar surface area (TPSA) is 61.5 Å². The van der Waals surface area contributed by atoms with E-state index in [9.17, 15) is 4.79 Å². The Balaban J connectivity index is 2.50. The minimum Gasteiger partial charge on any atom is -0.428 e. The summed E-state index contributed by atoms with van der Waals surface area (Å²) in [5.41, 5.74) is 6.08. The fourth-order valence-corrected chi connectivity index (χ4v) is 1.40. The van der Waals surface area contributed by atoms with E-state index in [4.69, 9.17) is 15.2 Å². The van der Waals surface area contributed by atoms with Gasteiger partial charge in [0, 0.05) is 0 Å². The van der Waals surface area contributed by atoms with Gasteiger partial charge in [0.05, 0.1) is 0 Å². The average Bonchev–Trinajstić information content (AvgIpc) is 2.25. The highest BCUT2D eigenvalue weighted by molar-refractivity contribution is 5.64. The van der Waals surface area contributed by atoms with Gasteiger partial charge in [-0.1, -0.05) is 12.1 Å². The van der Waals surface area contributed by atoms with Gasteiger partial charge >= 0.3 is 6.16 Å². The van der Waals surface area contributed by atoms with Gasteiger partial charge in [0.15, 0.2) is 0 Å². The van der Waals surface area contributed by atoms with Gasteiger partial charge in [0.25, 0.3) is 0 Å². The average molecular weight is 251 g/mol. The molecule has 1 rings (SSSR count). The van der Waals surface area contributed by atoms with Crippen molar-refractivity contribution >= 4 is 6.16 Å². The van der Waals surface area contributed by atoms with E-state index in [-0.39, 0.29) is 0 Å². The van der Waals surface area contributed by atoms with Crippen molar-refractivity contribution in [1.82, 2.24) is 0 Å². The largest absolute Gasteiger partial charge is 0.514 e. The highest BCUT2D eigenvalue weighted by Gasteiger charge is 2.17. The first kappa shape index (κ1) is 14.5. The molecule has 0 atom stereocenters. The summed E-state index contributed by atoms with van der Waals surface area (Å²) in [6.45, 7) is 6.06. The molecule has 0 aliphatic heterocycles. The van der Waals surface area contributed by atoms with E-state index in [1.807, 2.05) is 12.1 Å². The van der Waals surface area contributed by atoms with Gasteiger partial charge in [-0.15, -0.1) is 0 Å². The third-order valence-electron chi connectivity index (χ3n) is 2.18. The van der Waals surface area contributed by atoms with E-state index in [0.29, 0.717) is 12.3 Å². The molecule has 1 aromatic carbocycles. The van der Waals surface area contributed by atoms with E-state index >= 15 is 0 Å². The lowest BCUT2D eigenvalue weighted by Gasteiger charge is -2.18. The van der Waals surface area contributed by atoms with Crippen molar-refractivity contribution in [2.24, 2.45) is 5.73 Å². The first-order valence-corrected chi connectivity index (χ1v) is 6.10. The zero-order valence-corrected chi connectivity index (χ0v) is 11.2. The second kappa shape index (κ2) is 6.40. The summed E-state index contributed by atoms with van der Waals surface area (Å²) in [6.07, 6.45) is 1.20. The summed E-state index contributed by atoms with van der Waals surface area (Å²) in [6, 6.07) is 7.37. The molecule has 100 valence electrons. The van der Waals surface area contributed by atoms with E-state index in [2.05, 4.69) is 0 Å². The monoisotopic (exact) mass is 251 g/mol. The number of hydrogen-bond acceptors (Lipinski definition) is 4.